The number of nitrogens with zero attached hydrogens (tertiary/aromatic N) is 1. The van der Waals surface area contributed by atoms with Gasteiger partial charge in [0.25, 0.3) is 0 Å². The smallest absolute Gasteiger partial charge is 0.315 e. The maximum absolute atomic E-state index is 13.2. The summed E-state index contributed by atoms with van der Waals surface area (Å²) in [5.41, 5.74) is 1.17. The Morgan fingerprint density at radius 1 is 1.30 bits per heavy atom. The fourth-order valence-electron chi connectivity index (χ4n) is 2.17. The molecule has 0 aliphatic carbocycles. The Morgan fingerprint density at radius 3 is 2.55 bits per heavy atom. The second kappa shape index (κ2) is 5.24. The number of fused-ring (bicyclic) bond motifs is 1. The van der Waals surface area contributed by atoms with Gasteiger partial charge in [-0.1, -0.05) is 12.1 Å². The van der Waals surface area contributed by atoms with Crippen LogP contribution in [0.25, 0.3) is 0 Å². The van der Waals surface area contributed by atoms with Crippen LogP contribution >= 0.6 is 11.6 Å². The molecule has 0 saturated carbocycles. The maximum atomic E-state index is 13.2. The first-order valence-electron chi connectivity index (χ1n) is 5.94. The molecule has 1 aliphatic heterocycles. The molecule has 2 nitrogen and oxygen atoms in total. The quantitative estimate of drug-likeness (QED) is 0.615. The first-order valence-corrected chi connectivity index (χ1v) is 6.38. The van der Waals surface area contributed by atoms with E-state index in [9.17, 15) is 22.4 Å². The summed E-state index contributed by atoms with van der Waals surface area (Å²) in [7, 11) is 1.58. The molecule has 1 heterocycles. The lowest BCUT2D eigenvalue weighted by Gasteiger charge is -2.27. The minimum atomic E-state index is -4.30. The van der Waals surface area contributed by atoms with Crippen LogP contribution in [0.1, 0.15) is 22.9 Å². The van der Waals surface area contributed by atoms with Gasteiger partial charge in [-0.25, -0.2) is 8.78 Å². The van der Waals surface area contributed by atoms with Gasteiger partial charge in [0.2, 0.25) is 5.91 Å². The topological polar surface area (TPSA) is 20.3 Å². The molecule has 1 unspecified atom stereocenters. The Kier molecular flexibility index (Phi) is 3.95. The van der Waals surface area contributed by atoms with Gasteiger partial charge in [-0.05, 0) is 23.6 Å². The van der Waals surface area contributed by atoms with Crippen molar-refractivity contribution < 1.29 is 22.4 Å². The molecule has 1 aliphatic rings. The van der Waals surface area contributed by atoms with Crippen LogP contribution in [0.15, 0.2) is 18.2 Å². The first kappa shape index (κ1) is 15.1. The van der Waals surface area contributed by atoms with Crippen molar-refractivity contribution in [2.45, 2.75) is 30.6 Å². The average molecular weight is 310 g/mol. The number of rotatable bonds is 3. The maximum Gasteiger partial charge on any atom is 0.327 e. The lowest BCUT2D eigenvalue weighted by atomic mass is 9.96. The van der Waals surface area contributed by atoms with Crippen LogP contribution in [0, 0.1) is 0 Å². The molecule has 0 fully saturated rings. The molecular formula is C13H12ClF4NO. The number of carbonyl (C=O) groups is 1. The number of hydrogen-bond acceptors (Lipinski definition) is 1. The Bertz CT molecular complexity index is 535. The molecule has 0 spiro atoms. The van der Waals surface area contributed by atoms with Gasteiger partial charge in [-0.3, -0.25) is 4.79 Å². The highest BCUT2D eigenvalue weighted by Crippen LogP contribution is 2.42. The third-order valence-electron chi connectivity index (χ3n) is 3.37. The predicted molar refractivity (Wildman–Crippen MR) is 67.7 cm³/mol. The third kappa shape index (κ3) is 2.49. The summed E-state index contributed by atoms with van der Waals surface area (Å²) in [6.45, 7) is 0. The van der Waals surface area contributed by atoms with Crippen LogP contribution in [0.2, 0.25) is 0 Å². The van der Waals surface area contributed by atoms with Crippen molar-refractivity contribution in [2.24, 2.45) is 0 Å². The van der Waals surface area contributed by atoms with E-state index < -0.39 is 17.7 Å². The van der Waals surface area contributed by atoms with E-state index in [0.717, 1.165) is 0 Å². The molecule has 0 saturated heterocycles. The van der Waals surface area contributed by atoms with E-state index in [4.69, 9.17) is 11.6 Å². The zero-order valence-electron chi connectivity index (χ0n) is 10.5. The van der Waals surface area contributed by atoms with E-state index in [1.165, 1.54) is 23.1 Å². The Hall–Kier alpha value is -1.30. The normalized spacial score (nSPS) is 17.4. The molecule has 0 N–H and O–H groups in total. The van der Waals surface area contributed by atoms with Crippen LogP contribution in [0.5, 0.6) is 0 Å². The molecule has 1 aromatic carbocycles. The van der Waals surface area contributed by atoms with Crippen molar-refractivity contribution in [3.8, 4) is 0 Å². The SMILES string of the molecule is CN1C(=O)CCc2cc(C(Cl)C(F)(F)C(F)F)ccc21. The molecule has 110 valence electrons. The summed E-state index contributed by atoms with van der Waals surface area (Å²) in [6.07, 6.45) is -3.19. The molecule has 1 atom stereocenters. The zero-order chi connectivity index (χ0) is 15.1. The summed E-state index contributed by atoms with van der Waals surface area (Å²) < 4.78 is 51.1. The molecule has 20 heavy (non-hydrogen) atoms. The van der Waals surface area contributed by atoms with Crippen LogP contribution in [0.3, 0.4) is 0 Å². The van der Waals surface area contributed by atoms with Crippen LogP contribution in [0.4, 0.5) is 23.2 Å². The summed E-state index contributed by atoms with van der Waals surface area (Å²) in [4.78, 5) is 12.9. The number of alkyl halides is 5. The van der Waals surface area contributed by atoms with Gasteiger partial charge in [0, 0.05) is 19.2 Å². The summed E-state index contributed by atoms with van der Waals surface area (Å²) in [6, 6.07) is 4.08. The monoisotopic (exact) mass is 309 g/mol. The average Bonchev–Trinajstić information content (AvgIpc) is 2.41. The lowest BCUT2D eigenvalue weighted by molar-refractivity contribution is -0.130. The van der Waals surface area contributed by atoms with Gasteiger partial charge in [0.15, 0.2) is 0 Å². The minimum absolute atomic E-state index is 0.0709. The number of carbonyl (C=O) groups excluding carboxylic acids is 1. The second-order valence-electron chi connectivity index (χ2n) is 4.68. The highest BCUT2D eigenvalue weighted by molar-refractivity contribution is 6.21. The van der Waals surface area contributed by atoms with E-state index in [-0.39, 0.29) is 17.9 Å². The van der Waals surface area contributed by atoms with Crippen molar-refractivity contribution in [1.29, 1.82) is 0 Å². The minimum Gasteiger partial charge on any atom is -0.315 e. The van der Waals surface area contributed by atoms with Gasteiger partial charge in [0.1, 0.15) is 5.38 Å². The van der Waals surface area contributed by atoms with Crippen molar-refractivity contribution in [3.63, 3.8) is 0 Å². The van der Waals surface area contributed by atoms with Crippen LogP contribution in [-0.2, 0) is 11.2 Å². The van der Waals surface area contributed by atoms with Gasteiger partial charge in [0.05, 0.1) is 0 Å². The molecule has 0 aromatic heterocycles. The van der Waals surface area contributed by atoms with Crippen molar-refractivity contribution in [2.75, 3.05) is 11.9 Å². The fraction of sp³-hybridized carbons (Fsp3) is 0.462. The van der Waals surface area contributed by atoms with E-state index in [1.807, 2.05) is 0 Å². The third-order valence-corrected chi connectivity index (χ3v) is 3.91. The number of anilines is 1. The second-order valence-corrected chi connectivity index (χ2v) is 5.12. The van der Waals surface area contributed by atoms with Crippen molar-refractivity contribution >= 4 is 23.2 Å². The summed E-state index contributed by atoms with van der Waals surface area (Å²) in [5.74, 6) is -4.38. The summed E-state index contributed by atoms with van der Waals surface area (Å²) >= 11 is 5.49. The Balaban J connectivity index is 2.35. The van der Waals surface area contributed by atoms with Crippen molar-refractivity contribution in [3.05, 3.63) is 29.3 Å². The first-order chi connectivity index (χ1) is 9.25. The fourth-order valence-corrected chi connectivity index (χ4v) is 2.40. The molecule has 1 aromatic rings. The summed E-state index contributed by atoms with van der Waals surface area (Å²) in [5, 5.41) is -2.10. The van der Waals surface area contributed by atoms with Gasteiger partial charge in [-0.15, -0.1) is 11.6 Å². The van der Waals surface area contributed by atoms with Crippen molar-refractivity contribution in [1.82, 2.24) is 0 Å². The molecule has 2 rings (SSSR count). The number of benzene rings is 1. The zero-order valence-corrected chi connectivity index (χ0v) is 11.3. The van der Waals surface area contributed by atoms with E-state index in [2.05, 4.69) is 0 Å². The van der Waals surface area contributed by atoms with Gasteiger partial charge in [-0.2, -0.15) is 8.78 Å². The highest BCUT2D eigenvalue weighted by atomic mass is 35.5. The van der Waals surface area contributed by atoms with E-state index in [0.29, 0.717) is 17.7 Å². The van der Waals surface area contributed by atoms with E-state index >= 15 is 0 Å². The van der Waals surface area contributed by atoms with E-state index in [1.54, 1.807) is 7.05 Å². The molecule has 0 radical (unpaired) electrons. The lowest BCUT2D eigenvalue weighted by Crippen LogP contribution is -2.33. The standard InChI is InChI=1S/C13H12ClF4NO/c1-19-9-4-2-8(6-7(9)3-5-10(19)20)11(14)13(17,18)12(15)16/h2,4,6,11-12H,3,5H2,1H3. The molecule has 0 bridgehead atoms. The number of aryl methyl sites for hydroxylation is 1. The van der Waals surface area contributed by atoms with Gasteiger partial charge < -0.3 is 4.90 Å². The Labute approximate surface area is 118 Å². The molecule has 1 amide bonds. The van der Waals surface area contributed by atoms with Crippen LogP contribution < -0.4 is 4.90 Å². The molecule has 7 heteroatoms. The predicted octanol–water partition coefficient (Wildman–Crippen LogP) is 3.78. The highest BCUT2D eigenvalue weighted by Gasteiger charge is 2.48. The number of amides is 1. The molecular weight excluding hydrogens is 298 g/mol. The van der Waals surface area contributed by atoms with Crippen LogP contribution in [-0.4, -0.2) is 25.3 Å². The Morgan fingerprint density at radius 2 is 1.95 bits per heavy atom. The number of halogens is 5. The largest absolute Gasteiger partial charge is 0.327 e. The van der Waals surface area contributed by atoms with Gasteiger partial charge >= 0.3 is 12.3 Å². The number of hydrogen-bond donors (Lipinski definition) is 0.